The first-order valence-corrected chi connectivity index (χ1v) is 7.66. The first-order valence-electron chi connectivity index (χ1n) is 7.66. The van der Waals surface area contributed by atoms with Gasteiger partial charge in [-0.1, -0.05) is 31.5 Å². The predicted molar refractivity (Wildman–Crippen MR) is 80.3 cm³/mol. The molecular weight excluding hydrogens is 268 g/mol. The Labute approximate surface area is 126 Å². The monoisotopic (exact) mass is 292 g/mol. The van der Waals surface area contributed by atoms with Crippen molar-refractivity contribution < 1.29 is 19.0 Å². The Hall–Kier alpha value is -1.55. The van der Waals surface area contributed by atoms with Gasteiger partial charge in [-0.05, 0) is 25.3 Å². The Kier molecular flexibility index (Phi) is 6.05. The highest BCUT2D eigenvalue weighted by Gasteiger charge is 2.31. The highest BCUT2D eigenvalue weighted by atomic mass is 16.7. The van der Waals surface area contributed by atoms with E-state index in [2.05, 4.69) is 6.07 Å². The molecule has 21 heavy (non-hydrogen) atoms. The van der Waals surface area contributed by atoms with Crippen molar-refractivity contribution in [3.63, 3.8) is 0 Å². The summed E-state index contributed by atoms with van der Waals surface area (Å²) in [5, 5.41) is 0. The van der Waals surface area contributed by atoms with Crippen LogP contribution in [0.3, 0.4) is 0 Å². The van der Waals surface area contributed by atoms with Crippen molar-refractivity contribution in [2.75, 3.05) is 13.9 Å². The summed E-state index contributed by atoms with van der Waals surface area (Å²) >= 11 is 0. The fourth-order valence-corrected chi connectivity index (χ4v) is 2.89. The number of carbonyl (C=O) groups excluding carboxylic acids is 1. The molecule has 0 amide bonds. The van der Waals surface area contributed by atoms with Crippen LogP contribution in [0.4, 0.5) is 0 Å². The molecule has 2 atom stereocenters. The zero-order chi connectivity index (χ0) is 15.1. The molecule has 1 aromatic rings. The molecule has 0 heterocycles. The van der Waals surface area contributed by atoms with E-state index in [0.29, 0.717) is 6.42 Å². The Morgan fingerprint density at radius 1 is 1.24 bits per heavy atom. The number of rotatable bonds is 6. The third kappa shape index (κ3) is 4.21. The number of esters is 1. The van der Waals surface area contributed by atoms with Crippen LogP contribution in [0.15, 0.2) is 24.3 Å². The van der Waals surface area contributed by atoms with Crippen molar-refractivity contribution in [2.24, 2.45) is 0 Å². The Balaban J connectivity index is 2.18. The van der Waals surface area contributed by atoms with Gasteiger partial charge < -0.3 is 14.2 Å². The molecule has 116 valence electrons. The zero-order valence-electron chi connectivity index (χ0n) is 12.8. The fourth-order valence-electron chi connectivity index (χ4n) is 2.89. The van der Waals surface area contributed by atoms with Gasteiger partial charge in [0.2, 0.25) is 0 Å². The van der Waals surface area contributed by atoms with Crippen LogP contribution in [0, 0.1) is 0 Å². The Bertz CT molecular complexity index is 458. The number of hydrogen-bond donors (Lipinski definition) is 0. The SMILES string of the molecule is CCC(=O)OC1CCCCC1c1ccccc1OCOC. The van der Waals surface area contributed by atoms with Crippen LogP contribution in [0.2, 0.25) is 0 Å². The average Bonchev–Trinajstić information content (AvgIpc) is 2.53. The van der Waals surface area contributed by atoms with Gasteiger partial charge in [0.05, 0.1) is 0 Å². The average molecular weight is 292 g/mol. The van der Waals surface area contributed by atoms with Crippen LogP contribution in [0.25, 0.3) is 0 Å². The van der Waals surface area contributed by atoms with Gasteiger partial charge in [0.25, 0.3) is 0 Å². The zero-order valence-corrected chi connectivity index (χ0v) is 12.8. The smallest absolute Gasteiger partial charge is 0.305 e. The van der Waals surface area contributed by atoms with Crippen molar-refractivity contribution in [3.05, 3.63) is 29.8 Å². The van der Waals surface area contributed by atoms with E-state index < -0.39 is 0 Å². The molecule has 0 aliphatic heterocycles. The van der Waals surface area contributed by atoms with E-state index in [9.17, 15) is 4.79 Å². The molecule has 0 saturated heterocycles. The first-order chi connectivity index (χ1) is 10.3. The number of carbonyl (C=O) groups is 1. The van der Waals surface area contributed by atoms with E-state index in [1.807, 2.05) is 25.1 Å². The molecule has 0 aromatic heterocycles. The molecule has 0 spiro atoms. The van der Waals surface area contributed by atoms with Crippen LogP contribution in [0.5, 0.6) is 5.75 Å². The first kappa shape index (κ1) is 15.8. The van der Waals surface area contributed by atoms with Gasteiger partial charge >= 0.3 is 5.97 Å². The van der Waals surface area contributed by atoms with E-state index in [1.54, 1.807) is 7.11 Å². The standard InChI is InChI=1S/C17H24O4/c1-3-17(18)21-16-11-7-5-9-14(16)13-8-4-6-10-15(13)20-12-19-2/h4,6,8,10,14,16H,3,5,7,9,11-12H2,1-2H3. The summed E-state index contributed by atoms with van der Waals surface area (Å²) in [6.45, 7) is 2.05. The minimum atomic E-state index is -0.123. The van der Waals surface area contributed by atoms with Gasteiger partial charge in [-0.25, -0.2) is 0 Å². The number of benzene rings is 1. The summed E-state index contributed by atoms with van der Waals surface area (Å²) < 4.78 is 16.3. The maximum absolute atomic E-state index is 11.6. The molecule has 1 saturated carbocycles. The van der Waals surface area contributed by atoms with Crippen molar-refractivity contribution >= 4 is 5.97 Å². The Morgan fingerprint density at radius 3 is 2.76 bits per heavy atom. The maximum Gasteiger partial charge on any atom is 0.305 e. The number of ether oxygens (including phenoxy) is 3. The lowest BCUT2D eigenvalue weighted by Crippen LogP contribution is -2.28. The predicted octanol–water partition coefficient (Wildman–Crippen LogP) is 3.65. The maximum atomic E-state index is 11.6. The minimum Gasteiger partial charge on any atom is -0.467 e. The van der Waals surface area contributed by atoms with E-state index in [1.165, 1.54) is 0 Å². The van der Waals surface area contributed by atoms with Gasteiger partial charge in [0, 0.05) is 25.0 Å². The van der Waals surface area contributed by atoms with Crippen LogP contribution >= 0.6 is 0 Å². The fraction of sp³-hybridized carbons (Fsp3) is 0.588. The number of para-hydroxylation sites is 1. The van der Waals surface area contributed by atoms with Gasteiger partial charge in [0.15, 0.2) is 6.79 Å². The summed E-state index contributed by atoms with van der Waals surface area (Å²) in [4.78, 5) is 11.6. The number of methoxy groups -OCH3 is 1. The normalized spacial score (nSPS) is 21.8. The third-order valence-corrected chi connectivity index (χ3v) is 3.92. The molecule has 4 nitrogen and oxygen atoms in total. The number of hydrogen-bond acceptors (Lipinski definition) is 4. The van der Waals surface area contributed by atoms with Gasteiger partial charge in [-0.2, -0.15) is 0 Å². The summed E-state index contributed by atoms with van der Waals surface area (Å²) in [6, 6.07) is 7.96. The third-order valence-electron chi connectivity index (χ3n) is 3.92. The topological polar surface area (TPSA) is 44.8 Å². The summed E-state index contributed by atoms with van der Waals surface area (Å²) in [6.07, 6.45) is 4.59. The molecule has 1 fully saturated rings. The molecule has 1 aliphatic rings. The second-order valence-corrected chi connectivity index (χ2v) is 5.36. The van der Waals surface area contributed by atoms with E-state index in [0.717, 1.165) is 37.0 Å². The van der Waals surface area contributed by atoms with Crippen molar-refractivity contribution in [2.45, 2.75) is 51.0 Å². The van der Waals surface area contributed by atoms with Gasteiger partial charge in [-0.15, -0.1) is 0 Å². The van der Waals surface area contributed by atoms with Crippen LogP contribution in [0.1, 0.15) is 50.5 Å². The summed E-state index contributed by atoms with van der Waals surface area (Å²) in [5.41, 5.74) is 1.11. The summed E-state index contributed by atoms with van der Waals surface area (Å²) in [7, 11) is 1.61. The van der Waals surface area contributed by atoms with E-state index in [4.69, 9.17) is 14.2 Å². The van der Waals surface area contributed by atoms with Gasteiger partial charge in [-0.3, -0.25) is 4.79 Å². The van der Waals surface area contributed by atoms with Crippen LogP contribution in [-0.4, -0.2) is 26.0 Å². The largest absolute Gasteiger partial charge is 0.467 e. The highest BCUT2D eigenvalue weighted by molar-refractivity contribution is 5.69. The molecule has 0 radical (unpaired) electrons. The summed E-state index contributed by atoms with van der Waals surface area (Å²) in [5.74, 6) is 0.910. The van der Waals surface area contributed by atoms with Crippen molar-refractivity contribution in [1.29, 1.82) is 0 Å². The minimum absolute atomic E-state index is 0.0431. The second-order valence-electron chi connectivity index (χ2n) is 5.36. The lowest BCUT2D eigenvalue weighted by atomic mass is 9.81. The molecule has 4 heteroatoms. The molecule has 1 aliphatic carbocycles. The molecule has 2 unspecified atom stereocenters. The molecule has 1 aromatic carbocycles. The van der Waals surface area contributed by atoms with E-state index >= 15 is 0 Å². The van der Waals surface area contributed by atoms with Crippen molar-refractivity contribution in [1.82, 2.24) is 0 Å². The van der Waals surface area contributed by atoms with Crippen LogP contribution < -0.4 is 4.74 Å². The lowest BCUT2D eigenvalue weighted by molar-refractivity contribution is -0.151. The Morgan fingerprint density at radius 2 is 2.00 bits per heavy atom. The molecule has 0 N–H and O–H groups in total. The molecule has 2 rings (SSSR count). The van der Waals surface area contributed by atoms with Gasteiger partial charge in [0.1, 0.15) is 11.9 Å². The lowest BCUT2D eigenvalue weighted by Gasteiger charge is -2.32. The second kappa shape index (κ2) is 8.03. The van der Waals surface area contributed by atoms with E-state index in [-0.39, 0.29) is 24.8 Å². The highest BCUT2D eigenvalue weighted by Crippen LogP contribution is 2.39. The quantitative estimate of drug-likeness (QED) is 0.593. The van der Waals surface area contributed by atoms with Crippen LogP contribution in [-0.2, 0) is 14.3 Å². The van der Waals surface area contributed by atoms with Crippen molar-refractivity contribution in [3.8, 4) is 5.75 Å². The molecular formula is C17H24O4. The molecule has 0 bridgehead atoms.